The van der Waals surface area contributed by atoms with Crippen LogP contribution < -0.4 is 0 Å². The van der Waals surface area contributed by atoms with Crippen molar-refractivity contribution in [2.45, 2.75) is 13.8 Å². The van der Waals surface area contributed by atoms with Gasteiger partial charge in [0.15, 0.2) is 5.78 Å². The van der Waals surface area contributed by atoms with E-state index in [-0.39, 0.29) is 5.78 Å². The number of aryl methyl sites for hydroxylation is 1. The summed E-state index contributed by atoms with van der Waals surface area (Å²) >= 11 is 1.58. The number of Topliss-reactive ketones (excluding diaryl/α,β-unsaturated/α-hetero) is 1. The van der Waals surface area contributed by atoms with Gasteiger partial charge in [0.05, 0.1) is 10.7 Å². The fourth-order valence-electron chi connectivity index (χ4n) is 1.98. The van der Waals surface area contributed by atoms with E-state index in [2.05, 4.69) is 9.97 Å². The van der Waals surface area contributed by atoms with Gasteiger partial charge in [-0.15, -0.1) is 0 Å². The number of thiazole rings is 1. The monoisotopic (exact) mass is 268 g/mol. The summed E-state index contributed by atoms with van der Waals surface area (Å²) in [5, 5.41) is 1.01. The second-order valence-electron chi connectivity index (χ2n) is 4.39. The number of rotatable bonds is 2. The lowest BCUT2D eigenvalue weighted by Gasteiger charge is -2.02. The second-order valence-corrected chi connectivity index (χ2v) is 5.57. The van der Waals surface area contributed by atoms with Gasteiger partial charge >= 0.3 is 0 Å². The van der Waals surface area contributed by atoms with Crippen LogP contribution in [0.15, 0.2) is 36.4 Å². The van der Waals surface area contributed by atoms with Gasteiger partial charge in [-0.2, -0.15) is 0 Å². The number of hydrogen-bond donors (Lipinski definition) is 0. The summed E-state index contributed by atoms with van der Waals surface area (Å²) in [7, 11) is 0. The quantitative estimate of drug-likeness (QED) is 0.663. The van der Waals surface area contributed by atoms with Gasteiger partial charge in [0.1, 0.15) is 10.3 Å². The molecule has 4 heteroatoms. The van der Waals surface area contributed by atoms with E-state index in [0.29, 0.717) is 5.56 Å². The molecule has 0 radical (unpaired) electrons. The van der Waals surface area contributed by atoms with Crippen LogP contribution in [0.3, 0.4) is 0 Å². The molecule has 0 N–H and O–H groups in total. The molecule has 0 saturated carbocycles. The highest BCUT2D eigenvalue weighted by atomic mass is 32.1. The molecule has 3 rings (SSSR count). The Kier molecular flexibility index (Phi) is 2.87. The highest BCUT2D eigenvalue weighted by Crippen LogP contribution is 2.25. The third-order valence-electron chi connectivity index (χ3n) is 2.93. The molecule has 0 atom stereocenters. The van der Waals surface area contributed by atoms with Gasteiger partial charge in [-0.1, -0.05) is 29.5 Å². The van der Waals surface area contributed by atoms with Crippen LogP contribution in [0.1, 0.15) is 22.3 Å². The standard InChI is InChI=1S/C15H12N2OS/c1-9(18)11-4-3-5-12(8-11)13-6-7-14-15(17-13)19-10(2)16-14/h3-8H,1-2H3. The second kappa shape index (κ2) is 4.55. The summed E-state index contributed by atoms with van der Waals surface area (Å²) in [6.45, 7) is 3.55. The van der Waals surface area contributed by atoms with Crippen molar-refractivity contribution in [2.75, 3.05) is 0 Å². The molecule has 0 aliphatic rings. The van der Waals surface area contributed by atoms with Crippen LogP contribution in [0.25, 0.3) is 21.6 Å². The predicted molar refractivity (Wildman–Crippen MR) is 77.6 cm³/mol. The first kappa shape index (κ1) is 12.0. The Hall–Kier alpha value is -2.07. The average molecular weight is 268 g/mol. The lowest BCUT2D eigenvalue weighted by atomic mass is 10.1. The average Bonchev–Trinajstić information content (AvgIpc) is 2.77. The number of pyridine rings is 1. The molecule has 3 aromatic rings. The number of carbonyl (C=O) groups is 1. The fourth-order valence-corrected chi connectivity index (χ4v) is 2.77. The first-order valence-electron chi connectivity index (χ1n) is 5.99. The molecule has 0 fully saturated rings. The maximum Gasteiger partial charge on any atom is 0.159 e. The van der Waals surface area contributed by atoms with E-state index >= 15 is 0 Å². The Morgan fingerprint density at radius 1 is 1.16 bits per heavy atom. The maximum absolute atomic E-state index is 11.4. The molecule has 0 spiro atoms. The molecule has 2 heterocycles. The maximum atomic E-state index is 11.4. The topological polar surface area (TPSA) is 42.9 Å². The Morgan fingerprint density at radius 2 is 2.00 bits per heavy atom. The minimum Gasteiger partial charge on any atom is -0.295 e. The van der Waals surface area contributed by atoms with Gasteiger partial charge in [0, 0.05) is 11.1 Å². The lowest BCUT2D eigenvalue weighted by molar-refractivity contribution is 0.101. The number of ketones is 1. The predicted octanol–water partition coefficient (Wildman–Crippen LogP) is 3.87. The van der Waals surface area contributed by atoms with Crippen molar-refractivity contribution < 1.29 is 4.79 Å². The molecule has 0 unspecified atom stereocenters. The van der Waals surface area contributed by atoms with Crippen molar-refractivity contribution in [1.29, 1.82) is 0 Å². The first-order chi connectivity index (χ1) is 9.13. The van der Waals surface area contributed by atoms with E-state index in [0.717, 1.165) is 26.6 Å². The third-order valence-corrected chi connectivity index (χ3v) is 3.81. The summed E-state index contributed by atoms with van der Waals surface area (Å²) in [5.74, 6) is 0.0663. The van der Waals surface area contributed by atoms with Gasteiger partial charge in [-0.3, -0.25) is 4.79 Å². The van der Waals surface area contributed by atoms with Gasteiger partial charge in [-0.05, 0) is 32.0 Å². The fraction of sp³-hybridized carbons (Fsp3) is 0.133. The molecule has 19 heavy (non-hydrogen) atoms. The first-order valence-corrected chi connectivity index (χ1v) is 6.81. The molecule has 0 amide bonds. The van der Waals surface area contributed by atoms with Crippen LogP contribution in [0.5, 0.6) is 0 Å². The van der Waals surface area contributed by atoms with Gasteiger partial charge < -0.3 is 0 Å². The van der Waals surface area contributed by atoms with Gasteiger partial charge in [-0.25, -0.2) is 9.97 Å². The molecule has 0 bridgehead atoms. The van der Waals surface area contributed by atoms with Crippen molar-refractivity contribution in [3.05, 3.63) is 47.0 Å². The van der Waals surface area contributed by atoms with Crippen molar-refractivity contribution in [1.82, 2.24) is 9.97 Å². The molecule has 1 aromatic carbocycles. The summed E-state index contributed by atoms with van der Waals surface area (Å²) < 4.78 is 0. The van der Waals surface area contributed by atoms with E-state index in [4.69, 9.17) is 0 Å². The number of nitrogens with zero attached hydrogens (tertiary/aromatic N) is 2. The van der Waals surface area contributed by atoms with Crippen molar-refractivity contribution in [3.8, 4) is 11.3 Å². The van der Waals surface area contributed by atoms with Crippen LogP contribution in [-0.2, 0) is 0 Å². The number of benzene rings is 1. The van der Waals surface area contributed by atoms with Crippen molar-refractivity contribution in [2.24, 2.45) is 0 Å². The summed E-state index contributed by atoms with van der Waals surface area (Å²) in [5.41, 5.74) is 3.47. The zero-order chi connectivity index (χ0) is 13.4. The molecule has 2 aromatic heterocycles. The van der Waals surface area contributed by atoms with Crippen LogP contribution in [-0.4, -0.2) is 15.8 Å². The van der Waals surface area contributed by atoms with E-state index in [9.17, 15) is 4.79 Å². The van der Waals surface area contributed by atoms with Crippen molar-refractivity contribution >= 4 is 27.5 Å². The lowest BCUT2D eigenvalue weighted by Crippen LogP contribution is -1.92. The van der Waals surface area contributed by atoms with Crippen LogP contribution in [0.4, 0.5) is 0 Å². The van der Waals surface area contributed by atoms with Crippen LogP contribution in [0.2, 0.25) is 0 Å². The van der Waals surface area contributed by atoms with E-state index < -0.39 is 0 Å². The highest BCUT2D eigenvalue weighted by molar-refractivity contribution is 7.18. The van der Waals surface area contributed by atoms with Gasteiger partial charge in [0.2, 0.25) is 0 Å². The van der Waals surface area contributed by atoms with Crippen molar-refractivity contribution in [3.63, 3.8) is 0 Å². The Labute approximate surface area is 115 Å². The summed E-state index contributed by atoms with van der Waals surface area (Å²) in [6, 6.07) is 11.5. The Morgan fingerprint density at radius 3 is 2.79 bits per heavy atom. The van der Waals surface area contributed by atoms with Crippen LogP contribution >= 0.6 is 11.3 Å². The molecular weight excluding hydrogens is 256 g/mol. The summed E-state index contributed by atoms with van der Waals surface area (Å²) in [4.78, 5) is 21.4. The summed E-state index contributed by atoms with van der Waals surface area (Å²) in [6.07, 6.45) is 0. The largest absolute Gasteiger partial charge is 0.295 e. The number of hydrogen-bond acceptors (Lipinski definition) is 4. The Balaban J connectivity index is 2.12. The molecule has 0 saturated heterocycles. The smallest absolute Gasteiger partial charge is 0.159 e. The van der Waals surface area contributed by atoms with E-state index in [1.165, 1.54) is 0 Å². The molecule has 94 valence electrons. The minimum absolute atomic E-state index is 0.0663. The van der Waals surface area contributed by atoms with Crippen LogP contribution in [0, 0.1) is 6.92 Å². The third kappa shape index (κ3) is 2.27. The SMILES string of the molecule is CC(=O)c1cccc(-c2ccc3nc(C)sc3n2)c1. The number of aromatic nitrogens is 2. The van der Waals surface area contributed by atoms with E-state index in [1.807, 2.05) is 43.3 Å². The minimum atomic E-state index is 0.0663. The zero-order valence-corrected chi connectivity index (χ0v) is 11.5. The number of fused-ring (bicyclic) bond motifs is 1. The van der Waals surface area contributed by atoms with Gasteiger partial charge in [0.25, 0.3) is 0 Å². The number of carbonyl (C=O) groups excluding carboxylic acids is 1. The highest BCUT2D eigenvalue weighted by Gasteiger charge is 2.07. The molecule has 0 aliphatic heterocycles. The molecular formula is C15H12N2OS. The molecule has 0 aliphatic carbocycles. The van der Waals surface area contributed by atoms with E-state index in [1.54, 1.807) is 18.3 Å². The normalized spacial score (nSPS) is 10.8. The Bertz CT molecular complexity index is 777. The zero-order valence-electron chi connectivity index (χ0n) is 10.7. The molecule has 3 nitrogen and oxygen atoms in total.